The van der Waals surface area contributed by atoms with Crippen LogP contribution < -0.4 is 5.32 Å². The largest absolute Gasteiger partial charge is 0.465 e. The third-order valence-electron chi connectivity index (χ3n) is 3.48. The lowest BCUT2D eigenvalue weighted by molar-refractivity contribution is -0.142. The van der Waals surface area contributed by atoms with E-state index in [0.717, 1.165) is 32.6 Å². The van der Waals surface area contributed by atoms with Crippen molar-refractivity contribution in [2.24, 2.45) is 11.3 Å². The molecule has 1 aliphatic rings. The molecule has 4 heteroatoms. The second kappa shape index (κ2) is 6.97. The Morgan fingerprint density at radius 2 is 2.06 bits per heavy atom. The van der Waals surface area contributed by atoms with Crippen LogP contribution in [0.1, 0.15) is 33.6 Å². The summed E-state index contributed by atoms with van der Waals surface area (Å²) in [5.74, 6) is 0.501. The molecule has 0 atom stereocenters. The lowest BCUT2D eigenvalue weighted by Crippen LogP contribution is -2.40. The molecule has 1 fully saturated rings. The van der Waals surface area contributed by atoms with Crippen LogP contribution in [0.5, 0.6) is 0 Å². The first-order valence-corrected chi connectivity index (χ1v) is 6.50. The zero-order valence-corrected chi connectivity index (χ0v) is 11.3. The minimum atomic E-state index is -0.171. The van der Waals surface area contributed by atoms with Crippen molar-refractivity contribution in [2.75, 3.05) is 32.9 Å². The van der Waals surface area contributed by atoms with E-state index in [1.165, 1.54) is 0 Å². The van der Waals surface area contributed by atoms with Gasteiger partial charge in [0.2, 0.25) is 0 Å². The molecule has 0 aliphatic carbocycles. The van der Waals surface area contributed by atoms with Gasteiger partial charge in [-0.1, -0.05) is 13.8 Å². The first-order chi connectivity index (χ1) is 8.06. The third kappa shape index (κ3) is 5.04. The van der Waals surface area contributed by atoms with E-state index in [9.17, 15) is 4.79 Å². The molecule has 0 aromatic rings. The lowest BCUT2D eigenvalue weighted by atomic mass is 9.74. The van der Waals surface area contributed by atoms with Crippen molar-refractivity contribution in [1.29, 1.82) is 0 Å². The Balaban J connectivity index is 2.25. The topological polar surface area (TPSA) is 47.6 Å². The van der Waals surface area contributed by atoms with Crippen LogP contribution in [0.25, 0.3) is 0 Å². The van der Waals surface area contributed by atoms with Gasteiger partial charge in [0.1, 0.15) is 0 Å². The van der Waals surface area contributed by atoms with Crippen molar-refractivity contribution >= 4 is 5.97 Å². The van der Waals surface area contributed by atoms with Crippen LogP contribution >= 0.6 is 0 Å². The summed E-state index contributed by atoms with van der Waals surface area (Å²) in [6.45, 7) is 9.66. The van der Waals surface area contributed by atoms with Crippen molar-refractivity contribution in [3.8, 4) is 0 Å². The monoisotopic (exact) mass is 243 g/mol. The molecule has 0 radical (unpaired) electrons. The van der Waals surface area contributed by atoms with Crippen LogP contribution in [0, 0.1) is 11.3 Å². The van der Waals surface area contributed by atoms with Crippen LogP contribution in [0.3, 0.4) is 0 Å². The maximum Gasteiger partial charge on any atom is 0.319 e. The standard InChI is InChI=1S/C13H25NO3/c1-4-17-12(15)9-14-10-13(2,3)11-5-7-16-8-6-11/h11,14H,4-10H2,1-3H3. The number of carbonyl (C=O) groups is 1. The van der Waals surface area contributed by atoms with E-state index in [2.05, 4.69) is 19.2 Å². The van der Waals surface area contributed by atoms with E-state index in [1.54, 1.807) is 0 Å². The molecule has 1 N–H and O–H groups in total. The third-order valence-corrected chi connectivity index (χ3v) is 3.48. The van der Waals surface area contributed by atoms with Crippen LogP contribution in [-0.2, 0) is 14.3 Å². The van der Waals surface area contributed by atoms with Crippen molar-refractivity contribution in [3.63, 3.8) is 0 Å². The average Bonchev–Trinajstić information content (AvgIpc) is 2.30. The average molecular weight is 243 g/mol. The zero-order chi connectivity index (χ0) is 12.7. The molecule has 0 bridgehead atoms. The number of carbonyl (C=O) groups excluding carboxylic acids is 1. The highest BCUT2D eigenvalue weighted by molar-refractivity contribution is 5.71. The van der Waals surface area contributed by atoms with Gasteiger partial charge in [0, 0.05) is 19.8 Å². The molecule has 1 rings (SSSR count). The van der Waals surface area contributed by atoms with E-state index < -0.39 is 0 Å². The Bertz CT molecular complexity index is 235. The summed E-state index contributed by atoms with van der Waals surface area (Å²) in [7, 11) is 0. The molecule has 17 heavy (non-hydrogen) atoms. The van der Waals surface area contributed by atoms with Gasteiger partial charge in [-0.05, 0) is 31.1 Å². The van der Waals surface area contributed by atoms with E-state index in [4.69, 9.17) is 9.47 Å². The maximum absolute atomic E-state index is 11.2. The van der Waals surface area contributed by atoms with Gasteiger partial charge in [0.05, 0.1) is 13.2 Å². The van der Waals surface area contributed by atoms with Gasteiger partial charge >= 0.3 is 5.97 Å². The predicted octanol–water partition coefficient (Wildman–Crippen LogP) is 1.59. The SMILES string of the molecule is CCOC(=O)CNCC(C)(C)C1CCOCC1. The Labute approximate surface area is 104 Å². The number of ether oxygens (including phenoxy) is 2. The summed E-state index contributed by atoms with van der Waals surface area (Å²) in [6.07, 6.45) is 2.24. The second-order valence-corrected chi connectivity index (χ2v) is 5.28. The minimum Gasteiger partial charge on any atom is -0.465 e. The van der Waals surface area contributed by atoms with Gasteiger partial charge in [-0.15, -0.1) is 0 Å². The molecular weight excluding hydrogens is 218 g/mol. The fourth-order valence-electron chi connectivity index (χ4n) is 2.32. The quantitative estimate of drug-likeness (QED) is 0.720. The molecule has 0 spiro atoms. The number of esters is 1. The Kier molecular flexibility index (Phi) is 5.92. The second-order valence-electron chi connectivity index (χ2n) is 5.28. The first kappa shape index (κ1) is 14.5. The molecule has 4 nitrogen and oxygen atoms in total. The summed E-state index contributed by atoms with van der Waals surface area (Å²) in [4.78, 5) is 11.2. The highest BCUT2D eigenvalue weighted by Gasteiger charge is 2.30. The molecule has 1 aliphatic heterocycles. The minimum absolute atomic E-state index is 0.171. The molecule has 100 valence electrons. The lowest BCUT2D eigenvalue weighted by Gasteiger charge is -2.37. The van der Waals surface area contributed by atoms with E-state index >= 15 is 0 Å². The summed E-state index contributed by atoms with van der Waals surface area (Å²) in [5.41, 5.74) is 0.205. The molecule has 0 saturated carbocycles. The van der Waals surface area contributed by atoms with Crippen molar-refractivity contribution in [3.05, 3.63) is 0 Å². The fraction of sp³-hybridized carbons (Fsp3) is 0.923. The molecule has 0 unspecified atom stereocenters. The van der Waals surface area contributed by atoms with Crippen LogP contribution in [-0.4, -0.2) is 38.9 Å². The van der Waals surface area contributed by atoms with Crippen LogP contribution in [0.4, 0.5) is 0 Å². The van der Waals surface area contributed by atoms with Crippen LogP contribution in [0.2, 0.25) is 0 Å². The summed E-state index contributed by atoms with van der Waals surface area (Å²) >= 11 is 0. The van der Waals surface area contributed by atoms with Crippen LogP contribution in [0.15, 0.2) is 0 Å². The molecule has 1 saturated heterocycles. The molecule has 0 aromatic carbocycles. The van der Waals surface area contributed by atoms with Gasteiger partial charge in [-0.3, -0.25) is 4.79 Å². The summed E-state index contributed by atoms with van der Waals surface area (Å²) < 4.78 is 10.3. The van der Waals surface area contributed by atoms with E-state index in [0.29, 0.717) is 19.1 Å². The number of nitrogens with one attached hydrogen (secondary N) is 1. The number of hydrogen-bond donors (Lipinski definition) is 1. The zero-order valence-electron chi connectivity index (χ0n) is 11.3. The summed E-state index contributed by atoms with van der Waals surface area (Å²) in [6, 6.07) is 0. The van der Waals surface area contributed by atoms with Crippen molar-refractivity contribution < 1.29 is 14.3 Å². The van der Waals surface area contributed by atoms with E-state index in [1.807, 2.05) is 6.92 Å². The smallest absolute Gasteiger partial charge is 0.319 e. The van der Waals surface area contributed by atoms with Crippen molar-refractivity contribution in [2.45, 2.75) is 33.6 Å². The van der Waals surface area contributed by atoms with Gasteiger partial charge in [0.15, 0.2) is 0 Å². The highest BCUT2D eigenvalue weighted by atomic mass is 16.5. The molecular formula is C13H25NO3. The normalized spacial score (nSPS) is 18.1. The molecule has 0 aromatic heterocycles. The Morgan fingerprint density at radius 1 is 1.41 bits per heavy atom. The van der Waals surface area contributed by atoms with Gasteiger partial charge < -0.3 is 14.8 Å². The van der Waals surface area contributed by atoms with Gasteiger partial charge in [-0.25, -0.2) is 0 Å². The van der Waals surface area contributed by atoms with Gasteiger partial charge in [0.25, 0.3) is 0 Å². The number of hydrogen-bond acceptors (Lipinski definition) is 4. The summed E-state index contributed by atoms with van der Waals surface area (Å²) in [5, 5.41) is 3.19. The first-order valence-electron chi connectivity index (χ1n) is 6.50. The molecule has 0 amide bonds. The number of rotatable bonds is 6. The van der Waals surface area contributed by atoms with Crippen molar-refractivity contribution in [1.82, 2.24) is 5.32 Å². The molecule has 1 heterocycles. The highest BCUT2D eigenvalue weighted by Crippen LogP contribution is 2.33. The fourth-order valence-corrected chi connectivity index (χ4v) is 2.32. The Morgan fingerprint density at radius 3 is 2.65 bits per heavy atom. The van der Waals surface area contributed by atoms with Gasteiger partial charge in [-0.2, -0.15) is 0 Å². The Hall–Kier alpha value is -0.610. The maximum atomic E-state index is 11.2. The predicted molar refractivity (Wildman–Crippen MR) is 66.8 cm³/mol. The van der Waals surface area contributed by atoms with E-state index in [-0.39, 0.29) is 11.4 Å².